The van der Waals surface area contributed by atoms with Crippen molar-refractivity contribution in [3.8, 4) is 11.3 Å². The highest BCUT2D eigenvalue weighted by atomic mass is 32.1. The fourth-order valence-corrected chi connectivity index (χ4v) is 4.61. The van der Waals surface area contributed by atoms with Gasteiger partial charge in [0.1, 0.15) is 10.7 Å². The van der Waals surface area contributed by atoms with E-state index in [4.69, 9.17) is 4.74 Å². The summed E-state index contributed by atoms with van der Waals surface area (Å²) >= 11 is 1.10. The molecule has 2 aromatic heterocycles. The largest absolute Gasteiger partial charge is 0.471 e. The van der Waals surface area contributed by atoms with Crippen molar-refractivity contribution in [3.05, 3.63) is 40.9 Å². The van der Waals surface area contributed by atoms with Gasteiger partial charge in [-0.2, -0.15) is 18.2 Å². The van der Waals surface area contributed by atoms with E-state index in [0.29, 0.717) is 58.7 Å². The molecule has 10 nitrogen and oxygen atoms in total. The quantitative estimate of drug-likeness (QED) is 0.369. The second-order valence-electron chi connectivity index (χ2n) is 8.46. The first-order valence-electron chi connectivity index (χ1n) is 11.8. The van der Waals surface area contributed by atoms with Crippen LogP contribution in [0.1, 0.15) is 35.1 Å². The third-order valence-electron chi connectivity index (χ3n) is 5.67. The first-order chi connectivity index (χ1) is 18.0. The van der Waals surface area contributed by atoms with Crippen molar-refractivity contribution < 1.29 is 32.6 Å². The maximum Gasteiger partial charge on any atom is 0.471 e. The van der Waals surface area contributed by atoms with Crippen LogP contribution in [0.3, 0.4) is 0 Å². The highest BCUT2D eigenvalue weighted by Gasteiger charge is 2.38. The van der Waals surface area contributed by atoms with Gasteiger partial charge in [0.2, 0.25) is 5.95 Å². The number of carbonyl (C=O) groups is 2. The van der Waals surface area contributed by atoms with Gasteiger partial charge in [-0.15, -0.1) is 0 Å². The number of aliphatic hydroxyl groups is 1. The van der Waals surface area contributed by atoms with Gasteiger partial charge in [-0.25, -0.2) is 14.8 Å². The molecule has 0 unspecified atom stereocenters. The van der Waals surface area contributed by atoms with Gasteiger partial charge in [-0.1, -0.05) is 23.5 Å². The van der Waals surface area contributed by atoms with E-state index in [2.05, 4.69) is 20.3 Å². The van der Waals surface area contributed by atoms with Crippen LogP contribution in [0.15, 0.2) is 30.3 Å². The van der Waals surface area contributed by atoms with Crippen LogP contribution in [0.25, 0.3) is 11.3 Å². The molecule has 38 heavy (non-hydrogen) atoms. The van der Waals surface area contributed by atoms with Crippen molar-refractivity contribution in [2.24, 2.45) is 0 Å². The Labute approximate surface area is 219 Å². The van der Waals surface area contributed by atoms with Gasteiger partial charge in [0.25, 0.3) is 0 Å². The van der Waals surface area contributed by atoms with Crippen LogP contribution in [-0.2, 0) is 9.53 Å². The van der Waals surface area contributed by atoms with Crippen LogP contribution in [0.4, 0.5) is 35.8 Å². The minimum atomic E-state index is -5.00. The number of hydrogen-bond acceptors (Lipinski definition) is 10. The van der Waals surface area contributed by atoms with E-state index in [1.807, 2.05) is 10.2 Å². The Morgan fingerprint density at radius 2 is 1.84 bits per heavy atom. The smallest absolute Gasteiger partial charge is 0.462 e. The van der Waals surface area contributed by atoms with E-state index < -0.39 is 18.1 Å². The molecule has 0 radical (unpaired) electrons. The number of thiazole rings is 1. The summed E-state index contributed by atoms with van der Waals surface area (Å²) in [5.41, 5.74) is 1.52. The first-order valence-corrected chi connectivity index (χ1v) is 12.6. The monoisotopic (exact) mass is 550 g/mol. The number of nitrogens with zero attached hydrogens (tertiary/aromatic N) is 4. The summed E-state index contributed by atoms with van der Waals surface area (Å²) in [5.74, 6) is -1.76. The van der Waals surface area contributed by atoms with Crippen LogP contribution >= 0.6 is 11.3 Å². The van der Waals surface area contributed by atoms with E-state index in [0.717, 1.165) is 11.3 Å². The van der Waals surface area contributed by atoms with Crippen molar-refractivity contribution >= 4 is 45.8 Å². The maximum atomic E-state index is 12.6. The average molecular weight is 551 g/mol. The lowest BCUT2D eigenvalue weighted by Gasteiger charge is -2.30. The van der Waals surface area contributed by atoms with E-state index in [-0.39, 0.29) is 24.3 Å². The van der Waals surface area contributed by atoms with E-state index in [1.54, 1.807) is 19.9 Å². The molecule has 3 heterocycles. The van der Waals surface area contributed by atoms with Crippen LogP contribution in [0, 0.1) is 6.92 Å². The predicted molar refractivity (Wildman–Crippen MR) is 136 cm³/mol. The number of halogens is 3. The van der Waals surface area contributed by atoms with Gasteiger partial charge < -0.3 is 20.1 Å². The minimum absolute atomic E-state index is 0.0153. The number of esters is 1. The molecule has 1 aliphatic heterocycles. The molecule has 1 aromatic carbocycles. The van der Waals surface area contributed by atoms with E-state index in [9.17, 15) is 27.9 Å². The number of nitrogens with one attached hydrogen (secondary N) is 2. The lowest BCUT2D eigenvalue weighted by atomic mass is 10.1. The normalized spacial score (nSPS) is 14.3. The molecule has 1 fully saturated rings. The number of aryl methyl sites for hydroxylation is 1. The number of amides is 1. The van der Waals surface area contributed by atoms with Crippen LogP contribution in [-0.4, -0.2) is 63.9 Å². The minimum Gasteiger partial charge on any atom is -0.462 e. The molecule has 0 spiro atoms. The third-order valence-corrected chi connectivity index (χ3v) is 6.73. The molecule has 1 saturated heterocycles. The zero-order chi connectivity index (χ0) is 27.4. The molecule has 3 aromatic rings. The molecular weight excluding hydrogens is 525 g/mol. The van der Waals surface area contributed by atoms with Crippen molar-refractivity contribution in [1.82, 2.24) is 15.0 Å². The molecule has 0 saturated carbocycles. The molecule has 0 aliphatic carbocycles. The van der Waals surface area contributed by atoms with E-state index in [1.165, 1.54) is 24.3 Å². The summed E-state index contributed by atoms with van der Waals surface area (Å²) in [4.78, 5) is 39.3. The number of anilines is 4. The number of ether oxygens (including phenoxy) is 1. The zero-order valence-corrected chi connectivity index (χ0v) is 21.3. The molecule has 0 atom stereocenters. The van der Waals surface area contributed by atoms with E-state index >= 15 is 0 Å². The second kappa shape index (κ2) is 11.3. The van der Waals surface area contributed by atoms with Crippen molar-refractivity contribution in [1.29, 1.82) is 0 Å². The Morgan fingerprint density at radius 1 is 1.16 bits per heavy atom. The Bertz CT molecular complexity index is 1310. The fourth-order valence-electron chi connectivity index (χ4n) is 3.75. The number of aliphatic hydroxyl groups excluding tert-OH is 1. The van der Waals surface area contributed by atoms with Crippen LogP contribution < -0.4 is 15.5 Å². The highest BCUT2D eigenvalue weighted by Crippen LogP contribution is 2.30. The Hall–Kier alpha value is -3.78. The standard InChI is InChI=1S/C24H25F3N6O4S/c1-3-37-20(35)19-13(2)28-23(38-19)32-22-30-17(12-18(31-22)33-10-8-16(34)9-11-33)14-4-6-15(7-5-14)29-21(36)24(25,26)27/h4-7,12,16,34H,3,8-11H2,1-2H3,(H,29,36)(H,28,30,31,32). The summed E-state index contributed by atoms with van der Waals surface area (Å²) < 4.78 is 42.8. The van der Waals surface area contributed by atoms with Crippen molar-refractivity contribution in [2.45, 2.75) is 39.0 Å². The molecule has 1 aliphatic rings. The van der Waals surface area contributed by atoms with Gasteiger partial charge in [-0.05, 0) is 38.8 Å². The molecule has 1 amide bonds. The zero-order valence-electron chi connectivity index (χ0n) is 20.5. The molecule has 202 valence electrons. The Morgan fingerprint density at radius 3 is 2.47 bits per heavy atom. The first kappa shape index (κ1) is 27.3. The summed E-state index contributed by atoms with van der Waals surface area (Å²) in [6.07, 6.45) is -4.23. The Kier molecular flexibility index (Phi) is 8.11. The average Bonchev–Trinajstić information content (AvgIpc) is 3.24. The number of benzene rings is 1. The number of piperidine rings is 1. The van der Waals surface area contributed by atoms with Gasteiger partial charge in [0, 0.05) is 30.4 Å². The number of aromatic nitrogens is 3. The topological polar surface area (TPSA) is 130 Å². The summed E-state index contributed by atoms with van der Waals surface area (Å²) in [7, 11) is 0. The van der Waals surface area contributed by atoms with Gasteiger partial charge >= 0.3 is 18.1 Å². The number of alkyl halides is 3. The second-order valence-corrected chi connectivity index (χ2v) is 9.46. The van der Waals surface area contributed by atoms with Crippen LogP contribution in [0.5, 0.6) is 0 Å². The number of rotatable bonds is 7. The lowest BCUT2D eigenvalue weighted by Crippen LogP contribution is -2.36. The molecule has 14 heteroatoms. The predicted octanol–water partition coefficient (Wildman–Crippen LogP) is 4.29. The highest BCUT2D eigenvalue weighted by molar-refractivity contribution is 7.17. The summed E-state index contributed by atoms with van der Waals surface area (Å²) in [5, 5.41) is 15.1. The van der Waals surface area contributed by atoms with Gasteiger partial charge in [-0.3, -0.25) is 10.1 Å². The number of hydrogen-bond donors (Lipinski definition) is 3. The van der Waals surface area contributed by atoms with Crippen molar-refractivity contribution in [3.63, 3.8) is 0 Å². The third kappa shape index (κ3) is 6.55. The SMILES string of the molecule is CCOC(=O)c1sc(Nc2nc(-c3ccc(NC(=O)C(F)(F)F)cc3)cc(N3CCC(O)CC3)n2)nc1C. The number of carbonyl (C=O) groups excluding carboxylic acids is 2. The molecule has 4 rings (SSSR count). The lowest BCUT2D eigenvalue weighted by molar-refractivity contribution is -0.167. The maximum absolute atomic E-state index is 12.6. The molecular formula is C24H25F3N6O4S. The van der Waals surface area contributed by atoms with Gasteiger partial charge in [0.05, 0.1) is 24.1 Å². The van der Waals surface area contributed by atoms with Gasteiger partial charge in [0.15, 0.2) is 5.13 Å². The molecule has 0 bridgehead atoms. The van der Waals surface area contributed by atoms with Crippen LogP contribution in [0.2, 0.25) is 0 Å². The summed E-state index contributed by atoms with van der Waals surface area (Å²) in [6.45, 7) is 4.78. The van der Waals surface area contributed by atoms with Crippen molar-refractivity contribution in [2.75, 3.05) is 35.2 Å². The summed E-state index contributed by atoms with van der Waals surface area (Å²) in [6, 6.07) is 7.51. The molecule has 3 N–H and O–H groups in total. The Balaban J connectivity index is 1.64. The fraction of sp³-hybridized carbons (Fsp3) is 0.375.